The van der Waals surface area contributed by atoms with E-state index in [-0.39, 0.29) is 12.1 Å². The van der Waals surface area contributed by atoms with Crippen molar-refractivity contribution >= 4 is 0 Å². The molecule has 2 heterocycles. The summed E-state index contributed by atoms with van der Waals surface area (Å²) in [4.78, 5) is 15.1. The predicted octanol–water partition coefficient (Wildman–Crippen LogP) is -0.373. The first-order valence-corrected chi connectivity index (χ1v) is 5.28. The molecule has 0 amide bonds. The number of nitrogens with two attached hydrogens (primary N) is 1. The van der Waals surface area contributed by atoms with Gasteiger partial charge in [-0.2, -0.15) is 4.98 Å². The molecule has 1 aromatic heterocycles. The molecule has 82 valence electrons. The molecule has 2 rings (SSSR count). The third kappa shape index (κ3) is 2.24. The van der Waals surface area contributed by atoms with Gasteiger partial charge in [0.05, 0.1) is 6.33 Å². The van der Waals surface area contributed by atoms with Crippen LogP contribution in [0.25, 0.3) is 0 Å². The zero-order valence-electron chi connectivity index (χ0n) is 8.65. The number of aromatic nitrogens is 2. The molecule has 1 aliphatic rings. The molecule has 0 atom stereocenters. The second-order valence-corrected chi connectivity index (χ2v) is 3.84. The summed E-state index contributed by atoms with van der Waals surface area (Å²) in [5, 5.41) is 3.30. The Hall–Kier alpha value is -1.20. The van der Waals surface area contributed by atoms with Gasteiger partial charge in [-0.25, -0.2) is 0 Å². The molecule has 15 heavy (non-hydrogen) atoms. The summed E-state index contributed by atoms with van der Waals surface area (Å²) in [6.45, 7) is 2.31. The molecule has 1 aliphatic heterocycles. The second kappa shape index (κ2) is 4.55. The molecule has 3 N–H and O–H groups in total. The second-order valence-electron chi connectivity index (χ2n) is 3.84. The average Bonchev–Trinajstić information content (AvgIpc) is 2.31. The number of piperidine rings is 1. The van der Waals surface area contributed by atoms with E-state index in [1.165, 1.54) is 0 Å². The fourth-order valence-electron chi connectivity index (χ4n) is 1.92. The Labute approximate surface area is 88.3 Å². The van der Waals surface area contributed by atoms with Crippen LogP contribution in [0.4, 0.5) is 0 Å². The fourth-order valence-corrected chi connectivity index (χ4v) is 1.92. The lowest BCUT2D eigenvalue weighted by Crippen LogP contribution is -2.30. The Morgan fingerprint density at radius 1 is 1.53 bits per heavy atom. The summed E-state index contributed by atoms with van der Waals surface area (Å²) in [5.41, 5.74) is 5.87. The topological polar surface area (TPSA) is 72.9 Å². The van der Waals surface area contributed by atoms with Crippen LogP contribution >= 0.6 is 0 Å². The highest BCUT2D eigenvalue weighted by molar-refractivity contribution is 5.04. The van der Waals surface area contributed by atoms with Crippen LogP contribution < -0.4 is 16.6 Å². The third-order valence-electron chi connectivity index (χ3n) is 2.84. The van der Waals surface area contributed by atoms with Gasteiger partial charge in [-0.15, -0.1) is 0 Å². The van der Waals surface area contributed by atoms with E-state index >= 15 is 0 Å². The van der Waals surface area contributed by atoms with Gasteiger partial charge in [-0.05, 0) is 25.9 Å². The minimum absolute atomic E-state index is 0.206. The van der Waals surface area contributed by atoms with E-state index in [1.54, 1.807) is 6.33 Å². The lowest BCUT2D eigenvalue weighted by atomic mass is 10.1. The van der Waals surface area contributed by atoms with Crippen molar-refractivity contribution in [2.24, 2.45) is 5.73 Å². The van der Waals surface area contributed by atoms with Gasteiger partial charge in [0, 0.05) is 24.3 Å². The van der Waals surface area contributed by atoms with Gasteiger partial charge in [-0.1, -0.05) is 0 Å². The Morgan fingerprint density at radius 3 is 2.93 bits per heavy atom. The molecule has 0 unspecified atom stereocenters. The molecule has 1 saturated heterocycles. The number of nitrogens with one attached hydrogen (secondary N) is 1. The van der Waals surface area contributed by atoms with Gasteiger partial charge in [0.25, 0.3) is 5.56 Å². The summed E-state index contributed by atoms with van der Waals surface area (Å²) in [7, 11) is 0. The SMILES string of the molecule is NCc1cn(C2CCNCC2)cnc1=O. The maximum absolute atomic E-state index is 11.3. The summed E-state index contributed by atoms with van der Waals surface area (Å²) < 4.78 is 2.02. The molecular weight excluding hydrogens is 192 g/mol. The summed E-state index contributed by atoms with van der Waals surface area (Å²) in [5.74, 6) is 0. The molecule has 0 bridgehead atoms. The maximum atomic E-state index is 11.3. The standard InChI is InChI=1S/C10H16N4O/c11-5-8-6-14(7-13-10(8)15)9-1-3-12-4-2-9/h6-7,9,12H,1-5,11H2. The molecule has 0 saturated carbocycles. The Kier molecular flexibility index (Phi) is 3.13. The molecule has 0 aromatic carbocycles. The van der Waals surface area contributed by atoms with Crippen molar-refractivity contribution < 1.29 is 0 Å². The molecule has 1 fully saturated rings. The van der Waals surface area contributed by atoms with Crippen LogP contribution in [0.3, 0.4) is 0 Å². The molecular formula is C10H16N4O. The van der Waals surface area contributed by atoms with Crippen molar-refractivity contribution in [2.75, 3.05) is 13.1 Å². The summed E-state index contributed by atoms with van der Waals surface area (Å²) in [6, 6.07) is 0.449. The highest BCUT2D eigenvalue weighted by Gasteiger charge is 2.14. The van der Waals surface area contributed by atoms with E-state index in [0.717, 1.165) is 25.9 Å². The van der Waals surface area contributed by atoms with Gasteiger partial charge < -0.3 is 15.6 Å². The van der Waals surface area contributed by atoms with E-state index < -0.39 is 0 Å². The summed E-state index contributed by atoms with van der Waals surface area (Å²) in [6.07, 6.45) is 5.62. The van der Waals surface area contributed by atoms with E-state index in [0.29, 0.717) is 11.6 Å². The van der Waals surface area contributed by atoms with Gasteiger partial charge in [0.15, 0.2) is 0 Å². The number of hydrogen-bond donors (Lipinski definition) is 2. The monoisotopic (exact) mass is 208 g/mol. The van der Waals surface area contributed by atoms with Crippen LogP contribution in [0.2, 0.25) is 0 Å². The number of hydrogen-bond acceptors (Lipinski definition) is 4. The smallest absolute Gasteiger partial charge is 0.277 e. The van der Waals surface area contributed by atoms with Crippen molar-refractivity contribution in [2.45, 2.75) is 25.4 Å². The zero-order valence-corrected chi connectivity index (χ0v) is 8.65. The lowest BCUT2D eigenvalue weighted by Gasteiger charge is -2.25. The van der Waals surface area contributed by atoms with Gasteiger partial charge in [-0.3, -0.25) is 4.79 Å². The quantitative estimate of drug-likeness (QED) is 0.695. The molecule has 5 nitrogen and oxygen atoms in total. The normalized spacial score (nSPS) is 17.9. The van der Waals surface area contributed by atoms with E-state index in [9.17, 15) is 4.79 Å². The third-order valence-corrected chi connectivity index (χ3v) is 2.84. The molecule has 0 spiro atoms. The largest absolute Gasteiger partial charge is 0.335 e. The van der Waals surface area contributed by atoms with Crippen molar-refractivity contribution in [3.63, 3.8) is 0 Å². The molecule has 0 aliphatic carbocycles. The minimum atomic E-state index is -0.206. The first-order valence-electron chi connectivity index (χ1n) is 5.28. The van der Waals surface area contributed by atoms with Crippen molar-refractivity contribution in [1.82, 2.24) is 14.9 Å². The van der Waals surface area contributed by atoms with E-state index in [4.69, 9.17) is 5.73 Å². The van der Waals surface area contributed by atoms with Crippen molar-refractivity contribution in [3.05, 3.63) is 28.4 Å². The van der Waals surface area contributed by atoms with Gasteiger partial charge in [0.1, 0.15) is 0 Å². The Balaban J connectivity index is 2.23. The van der Waals surface area contributed by atoms with Crippen LogP contribution in [-0.4, -0.2) is 22.6 Å². The minimum Gasteiger partial charge on any atom is -0.335 e. The Bertz CT molecular complexity index is 381. The zero-order chi connectivity index (χ0) is 10.7. The van der Waals surface area contributed by atoms with Crippen LogP contribution in [0, 0.1) is 0 Å². The highest BCUT2D eigenvalue weighted by Crippen LogP contribution is 2.17. The van der Waals surface area contributed by atoms with Crippen LogP contribution in [0.5, 0.6) is 0 Å². The first-order chi connectivity index (χ1) is 7.31. The van der Waals surface area contributed by atoms with Gasteiger partial charge >= 0.3 is 0 Å². The maximum Gasteiger partial charge on any atom is 0.277 e. The Morgan fingerprint density at radius 2 is 2.27 bits per heavy atom. The van der Waals surface area contributed by atoms with Crippen molar-refractivity contribution in [1.29, 1.82) is 0 Å². The number of rotatable bonds is 2. The predicted molar refractivity (Wildman–Crippen MR) is 57.5 cm³/mol. The molecule has 0 radical (unpaired) electrons. The van der Waals surface area contributed by atoms with E-state index in [2.05, 4.69) is 10.3 Å². The van der Waals surface area contributed by atoms with Crippen LogP contribution in [0.15, 0.2) is 17.3 Å². The van der Waals surface area contributed by atoms with E-state index in [1.807, 2.05) is 10.8 Å². The highest BCUT2D eigenvalue weighted by atomic mass is 16.1. The number of nitrogens with zero attached hydrogens (tertiary/aromatic N) is 2. The van der Waals surface area contributed by atoms with Crippen LogP contribution in [0.1, 0.15) is 24.4 Å². The van der Waals surface area contributed by atoms with Crippen molar-refractivity contribution in [3.8, 4) is 0 Å². The first kappa shape index (κ1) is 10.3. The van der Waals surface area contributed by atoms with Gasteiger partial charge in [0.2, 0.25) is 0 Å². The lowest BCUT2D eigenvalue weighted by molar-refractivity contribution is 0.362. The molecule has 5 heteroatoms. The molecule has 1 aromatic rings. The fraction of sp³-hybridized carbons (Fsp3) is 0.600. The van der Waals surface area contributed by atoms with Crippen LogP contribution in [-0.2, 0) is 6.54 Å². The average molecular weight is 208 g/mol. The summed E-state index contributed by atoms with van der Waals surface area (Å²) >= 11 is 0.